The first-order chi connectivity index (χ1) is 10.7. The van der Waals surface area contributed by atoms with E-state index in [1.54, 1.807) is 18.3 Å². The van der Waals surface area contributed by atoms with Crippen LogP contribution in [-0.4, -0.2) is 17.7 Å². The number of nitrogens with one attached hydrogen (secondary N) is 1. The fraction of sp³-hybridized carbons (Fsp3) is 0.188. The monoisotopic (exact) mass is 299 g/mol. The predicted molar refractivity (Wildman–Crippen MR) is 86.5 cm³/mol. The summed E-state index contributed by atoms with van der Waals surface area (Å²) in [5.74, 6) is 0.825. The fourth-order valence-corrected chi connectivity index (χ4v) is 1.74. The van der Waals surface area contributed by atoms with Crippen LogP contribution in [0, 0.1) is 10.1 Å². The van der Waals surface area contributed by atoms with Gasteiger partial charge in [-0.3, -0.25) is 15.5 Å². The largest absolute Gasteiger partial charge is 0.494 e. The van der Waals surface area contributed by atoms with Crippen molar-refractivity contribution in [3.05, 3.63) is 64.2 Å². The van der Waals surface area contributed by atoms with Crippen molar-refractivity contribution in [2.75, 3.05) is 12.0 Å². The molecule has 0 heterocycles. The van der Waals surface area contributed by atoms with E-state index in [4.69, 9.17) is 4.74 Å². The molecule has 0 aliphatic carbocycles. The first-order valence-electron chi connectivity index (χ1n) is 6.95. The molecule has 0 bridgehead atoms. The maximum atomic E-state index is 10.7. The molecule has 0 saturated carbocycles. The van der Waals surface area contributed by atoms with Crippen molar-refractivity contribution >= 4 is 17.6 Å². The van der Waals surface area contributed by atoms with E-state index < -0.39 is 4.92 Å². The molecule has 2 aromatic carbocycles. The van der Waals surface area contributed by atoms with Gasteiger partial charge in [0.15, 0.2) is 0 Å². The number of nitro groups is 1. The van der Waals surface area contributed by atoms with Gasteiger partial charge in [0.05, 0.1) is 23.4 Å². The van der Waals surface area contributed by atoms with E-state index in [1.807, 2.05) is 24.3 Å². The number of nitrogens with zero attached hydrogens (tertiary/aromatic N) is 2. The average molecular weight is 299 g/mol. The molecule has 0 aromatic heterocycles. The van der Waals surface area contributed by atoms with Gasteiger partial charge >= 0.3 is 0 Å². The number of hydrogen-bond donors (Lipinski definition) is 1. The topological polar surface area (TPSA) is 76.8 Å². The molecule has 2 aromatic rings. The third-order valence-electron chi connectivity index (χ3n) is 2.82. The van der Waals surface area contributed by atoms with Crippen LogP contribution in [0.1, 0.15) is 18.9 Å². The van der Waals surface area contributed by atoms with E-state index in [2.05, 4.69) is 17.5 Å². The van der Waals surface area contributed by atoms with Gasteiger partial charge in [-0.25, -0.2) is 0 Å². The Morgan fingerprint density at radius 2 is 2.05 bits per heavy atom. The average Bonchev–Trinajstić information content (AvgIpc) is 2.54. The summed E-state index contributed by atoms with van der Waals surface area (Å²) in [6.07, 6.45) is 2.61. The van der Waals surface area contributed by atoms with Crippen LogP contribution >= 0.6 is 0 Å². The molecule has 0 atom stereocenters. The van der Waals surface area contributed by atoms with Crippen molar-refractivity contribution in [1.29, 1.82) is 0 Å². The summed E-state index contributed by atoms with van der Waals surface area (Å²) in [4.78, 5) is 10.2. The molecule has 1 N–H and O–H groups in total. The van der Waals surface area contributed by atoms with Crippen LogP contribution in [0.3, 0.4) is 0 Å². The van der Waals surface area contributed by atoms with Crippen molar-refractivity contribution < 1.29 is 9.66 Å². The number of hydrazone groups is 1. The Labute approximate surface area is 128 Å². The molecule has 114 valence electrons. The van der Waals surface area contributed by atoms with Crippen LogP contribution in [0.2, 0.25) is 0 Å². The van der Waals surface area contributed by atoms with E-state index in [0.717, 1.165) is 17.7 Å². The lowest BCUT2D eigenvalue weighted by molar-refractivity contribution is -0.384. The second-order valence-corrected chi connectivity index (χ2v) is 4.59. The zero-order valence-electron chi connectivity index (χ0n) is 12.2. The lowest BCUT2D eigenvalue weighted by Crippen LogP contribution is -1.95. The Kier molecular flexibility index (Phi) is 5.48. The summed E-state index contributed by atoms with van der Waals surface area (Å²) in [7, 11) is 0. The first kappa shape index (κ1) is 15.5. The summed E-state index contributed by atoms with van der Waals surface area (Å²) >= 11 is 0. The van der Waals surface area contributed by atoms with Gasteiger partial charge in [0, 0.05) is 12.1 Å². The molecule has 22 heavy (non-hydrogen) atoms. The Morgan fingerprint density at radius 1 is 1.27 bits per heavy atom. The van der Waals surface area contributed by atoms with Gasteiger partial charge < -0.3 is 4.74 Å². The predicted octanol–water partition coefficient (Wildman–Crippen LogP) is 3.83. The van der Waals surface area contributed by atoms with Gasteiger partial charge in [-0.15, -0.1) is 0 Å². The number of ether oxygens (including phenoxy) is 1. The van der Waals surface area contributed by atoms with Crippen LogP contribution in [-0.2, 0) is 0 Å². The normalized spacial score (nSPS) is 10.6. The van der Waals surface area contributed by atoms with E-state index in [0.29, 0.717) is 12.3 Å². The van der Waals surface area contributed by atoms with Crippen LogP contribution in [0.5, 0.6) is 5.75 Å². The number of benzene rings is 2. The van der Waals surface area contributed by atoms with Crippen LogP contribution in [0.15, 0.2) is 53.6 Å². The van der Waals surface area contributed by atoms with Crippen molar-refractivity contribution in [2.24, 2.45) is 5.10 Å². The highest BCUT2D eigenvalue weighted by atomic mass is 16.6. The Morgan fingerprint density at radius 3 is 2.73 bits per heavy atom. The standard InChI is InChI=1S/C16H17N3O3/c1-2-10-22-16-8-6-13(7-9-16)12-17-18-14-4-3-5-15(11-14)19(20)21/h3-9,11-12,18H,2,10H2,1H3. The molecule has 0 spiro atoms. The molecule has 6 nitrogen and oxygen atoms in total. The molecule has 0 amide bonds. The smallest absolute Gasteiger partial charge is 0.271 e. The number of non-ortho nitro benzene ring substituents is 1. The molecule has 0 radical (unpaired) electrons. The van der Waals surface area contributed by atoms with E-state index in [-0.39, 0.29) is 5.69 Å². The summed E-state index contributed by atoms with van der Waals surface area (Å²) in [5.41, 5.74) is 4.26. The summed E-state index contributed by atoms with van der Waals surface area (Å²) < 4.78 is 5.50. The Balaban J connectivity index is 1.94. The van der Waals surface area contributed by atoms with Gasteiger partial charge in [0.1, 0.15) is 5.75 Å². The number of rotatable bonds is 7. The third kappa shape index (κ3) is 4.59. The number of anilines is 1. The summed E-state index contributed by atoms with van der Waals surface area (Å²) in [6, 6.07) is 13.7. The van der Waals surface area contributed by atoms with E-state index >= 15 is 0 Å². The first-order valence-corrected chi connectivity index (χ1v) is 6.95. The summed E-state index contributed by atoms with van der Waals surface area (Å²) in [5, 5.41) is 14.7. The highest BCUT2D eigenvalue weighted by Gasteiger charge is 2.04. The molecule has 2 rings (SSSR count). The van der Waals surface area contributed by atoms with Crippen molar-refractivity contribution in [3.63, 3.8) is 0 Å². The van der Waals surface area contributed by atoms with Gasteiger partial charge in [-0.1, -0.05) is 13.0 Å². The fourth-order valence-electron chi connectivity index (χ4n) is 1.74. The summed E-state index contributed by atoms with van der Waals surface area (Å²) in [6.45, 7) is 2.75. The lowest BCUT2D eigenvalue weighted by Gasteiger charge is -2.04. The minimum absolute atomic E-state index is 0.0256. The van der Waals surface area contributed by atoms with Crippen LogP contribution in [0.25, 0.3) is 0 Å². The molecule has 0 fully saturated rings. The van der Waals surface area contributed by atoms with Gasteiger partial charge in [-0.2, -0.15) is 5.10 Å². The molecule has 0 saturated heterocycles. The molecular formula is C16H17N3O3. The van der Waals surface area contributed by atoms with Crippen LogP contribution < -0.4 is 10.2 Å². The minimum Gasteiger partial charge on any atom is -0.494 e. The zero-order chi connectivity index (χ0) is 15.8. The SMILES string of the molecule is CCCOc1ccc(C=NNc2cccc([N+](=O)[O-])c2)cc1. The maximum Gasteiger partial charge on any atom is 0.271 e. The van der Waals surface area contributed by atoms with E-state index in [1.165, 1.54) is 12.1 Å². The quantitative estimate of drug-likeness (QED) is 0.479. The van der Waals surface area contributed by atoms with Gasteiger partial charge in [-0.05, 0) is 42.3 Å². The number of hydrogen-bond acceptors (Lipinski definition) is 5. The highest BCUT2D eigenvalue weighted by molar-refractivity contribution is 5.80. The maximum absolute atomic E-state index is 10.7. The molecule has 0 aliphatic rings. The van der Waals surface area contributed by atoms with E-state index in [9.17, 15) is 10.1 Å². The second-order valence-electron chi connectivity index (χ2n) is 4.59. The third-order valence-corrected chi connectivity index (χ3v) is 2.82. The van der Waals surface area contributed by atoms with Gasteiger partial charge in [0.2, 0.25) is 0 Å². The van der Waals surface area contributed by atoms with Crippen LogP contribution in [0.4, 0.5) is 11.4 Å². The van der Waals surface area contributed by atoms with Crippen molar-refractivity contribution in [3.8, 4) is 5.75 Å². The molecule has 0 unspecified atom stereocenters. The minimum atomic E-state index is -0.441. The Hall–Kier alpha value is -2.89. The van der Waals surface area contributed by atoms with Crippen molar-refractivity contribution in [1.82, 2.24) is 0 Å². The number of nitro benzene ring substituents is 1. The molecule has 0 aliphatic heterocycles. The molecular weight excluding hydrogens is 282 g/mol. The lowest BCUT2D eigenvalue weighted by atomic mass is 10.2. The molecule has 6 heteroatoms. The zero-order valence-corrected chi connectivity index (χ0v) is 12.2. The van der Waals surface area contributed by atoms with Gasteiger partial charge in [0.25, 0.3) is 5.69 Å². The Bertz CT molecular complexity index is 654. The highest BCUT2D eigenvalue weighted by Crippen LogP contribution is 2.17. The van der Waals surface area contributed by atoms with Crippen molar-refractivity contribution in [2.45, 2.75) is 13.3 Å². The second kappa shape index (κ2) is 7.78.